The van der Waals surface area contributed by atoms with Crippen molar-refractivity contribution in [2.24, 2.45) is 5.92 Å². The van der Waals surface area contributed by atoms with Crippen molar-refractivity contribution in [1.82, 2.24) is 0 Å². The van der Waals surface area contributed by atoms with E-state index in [4.69, 9.17) is 5.26 Å². The molecule has 118 valence electrons. The lowest BCUT2D eigenvalue weighted by molar-refractivity contribution is 0.312. The molecule has 1 nitrogen and oxygen atoms in total. The second kappa shape index (κ2) is 9.46. The molecule has 2 rings (SSSR count). The average molecular weight is 295 g/mol. The molecule has 0 bridgehead atoms. The van der Waals surface area contributed by atoms with Crippen LogP contribution in [0.1, 0.15) is 75.3 Å². The third kappa shape index (κ3) is 5.34. The van der Waals surface area contributed by atoms with E-state index in [1.165, 1.54) is 56.9 Å². The van der Waals surface area contributed by atoms with Gasteiger partial charge in [0.1, 0.15) is 0 Å². The Labute approximate surface area is 136 Å². The minimum atomic E-state index is 0.770. The third-order valence-electron chi connectivity index (χ3n) is 5.05. The Morgan fingerprint density at radius 3 is 2.50 bits per heavy atom. The molecule has 0 spiro atoms. The first-order valence-corrected chi connectivity index (χ1v) is 8.97. The smallest absolute Gasteiger partial charge is 0.0908 e. The topological polar surface area (TPSA) is 23.8 Å². The lowest BCUT2D eigenvalue weighted by atomic mass is 9.77. The van der Waals surface area contributed by atoms with Crippen LogP contribution in [-0.4, -0.2) is 0 Å². The molecule has 1 aromatic carbocycles. The predicted molar refractivity (Wildman–Crippen MR) is 93.7 cm³/mol. The molecular weight excluding hydrogens is 266 g/mol. The van der Waals surface area contributed by atoms with Gasteiger partial charge in [0.15, 0.2) is 0 Å². The van der Waals surface area contributed by atoms with Crippen LogP contribution in [-0.2, 0) is 6.42 Å². The summed E-state index contributed by atoms with van der Waals surface area (Å²) in [6.07, 6.45) is 15.1. The summed E-state index contributed by atoms with van der Waals surface area (Å²) >= 11 is 0. The van der Waals surface area contributed by atoms with Crippen molar-refractivity contribution in [2.75, 3.05) is 0 Å². The highest BCUT2D eigenvalue weighted by Gasteiger charge is 2.21. The first kappa shape index (κ1) is 16.8. The number of unbranched alkanes of at least 4 members (excludes halogenated alkanes) is 1. The van der Waals surface area contributed by atoms with E-state index in [1.54, 1.807) is 11.6 Å². The summed E-state index contributed by atoms with van der Waals surface area (Å²) in [5.41, 5.74) is 3.03. The Bertz CT molecular complexity index is 484. The predicted octanol–water partition coefficient (Wildman–Crippen LogP) is 6.16. The van der Waals surface area contributed by atoms with Crippen LogP contribution in [0.15, 0.2) is 36.4 Å². The van der Waals surface area contributed by atoms with Gasteiger partial charge >= 0.3 is 0 Å². The molecule has 0 radical (unpaired) electrons. The maximum Gasteiger partial charge on any atom is 0.0908 e. The molecule has 0 aliphatic heterocycles. The molecule has 1 aliphatic carbocycles. The Balaban J connectivity index is 1.76. The van der Waals surface area contributed by atoms with Crippen molar-refractivity contribution in [3.8, 4) is 6.07 Å². The zero-order valence-corrected chi connectivity index (χ0v) is 13.9. The van der Waals surface area contributed by atoms with Gasteiger partial charge in [-0.25, -0.2) is 0 Å². The molecule has 1 saturated carbocycles. The largest absolute Gasteiger partial charge is 0.193 e. The highest BCUT2D eigenvalue weighted by molar-refractivity contribution is 5.26. The normalized spacial score (nSPS) is 21.8. The second-order valence-corrected chi connectivity index (χ2v) is 6.67. The molecule has 0 unspecified atom stereocenters. The van der Waals surface area contributed by atoms with Crippen LogP contribution in [0.3, 0.4) is 0 Å². The van der Waals surface area contributed by atoms with E-state index in [0.29, 0.717) is 0 Å². The zero-order valence-electron chi connectivity index (χ0n) is 13.9. The lowest BCUT2D eigenvalue weighted by Gasteiger charge is -2.28. The number of rotatable bonds is 7. The van der Waals surface area contributed by atoms with Crippen molar-refractivity contribution in [1.29, 1.82) is 5.26 Å². The zero-order chi connectivity index (χ0) is 15.6. The molecule has 0 aromatic heterocycles. The van der Waals surface area contributed by atoms with Gasteiger partial charge in [-0.1, -0.05) is 43.7 Å². The molecule has 1 aromatic rings. The minimum absolute atomic E-state index is 0.770. The van der Waals surface area contributed by atoms with E-state index in [-0.39, 0.29) is 0 Å². The van der Waals surface area contributed by atoms with Crippen LogP contribution in [0.5, 0.6) is 0 Å². The van der Waals surface area contributed by atoms with Gasteiger partial charge in [0.05, 0.1) is 6.07 Å². The van der Waals surface area contributed by atoms with Crippen LogP contribution in [0.2, 0.25) is 0 Å². The number of benzene rings is 1. The standard InChI is InChI=1S/C21H29N/c1-2-3-7-18-9-13-20(14-10-18)21-15-11-19(12-16-21)8-5-4-6-17-22/h4,6,9-10,13-14,19,21H,2-3,5,7-8,11-12,15-16H2,1H3. The summed E-state index contributed by atoms with van der Waals surface area (Å²) in [5, 5.41) is 8.49. The number of nitriles is 1. The van der Waals surface area contributed by atoms with Gasteiger partial charge in [-0.15, -0.1) is 0 Å². The van der Waals surface area contributed by atoms with Crippen LogP contribution in [0.25, 0.3) is 0 Å². The number of allylic oxidation sites excluding steroid dienone is 2. The fourth-order valence-electron chi connectivity index (χ4n) is 3.59. The molecule has 0 saturated heterocycles. The SMILES string of the molecule is CCCCc1ccc(C2CCC(CCC=CC#N)CC2)cc1. The molecule has 22 heavy (non-hydrogen) atoms. The van der Waals surface area contributed by atoms with Crippen LogP contribution >= 0.6 is 0 Å². The first-order chi connectivity index (χ1) is 10.8. The molecule has 1 heteroatoms. The van der Waals surface area contributed by atoms with E-state index in [0.717, 1.165) is 18.3 Å². The summed E-state index contributed by atoms with van der Waals surface area (Å²) in [7, 11) is 0. The van der Waals surface area contributed by atoms with E-state index in [2.05, 4.69) is 37.3 Å². The maximum absolute atomic E-state index is 8.49. The van der Waals surface area contributed by atoms with Gasteiger partial charge < -0.3 is 0 Å². The van der Waals surface area contributed by atoms with E-state index < -0.39 is 0 Å². The van der Waals surface area contributed by atoms with Crippen LogP contribution in [0, 0.1) is 17.2 Å². The summed E-state index contributed by atoms with van der Waals surface area (Å²) in [5.74, 6) is 1.63. The Kier molecular flexibility index (Phi) is 7.23. The number of hydrogen-bond acceptors (Lipinski definition) is 1. The quantitative estimate of drug-likeness (QED) is 0.552. The van der Waals surface area contributed by atoms with Gasteiger partial charge in [-0.3, -0.25) is 0 Å². The Hall–Kier alpha value is -1.55. The first-order valence-electron chi connectivity index (χ1n) is 8.97. The van der Waals surface area contributed by atoms with E-state index >= 15 is 0 Å². The number of aryl methyl sites for hydroxylation is 1. The molecular formula is C21H29N. The fraction of sp³-hybridized carbons (Fsp3) is 0.571. The molecule has 0 atom stereocenters. The summed E-state index contributed by atoms with van der Waals surface area (Å²) in [6, 6.07) is 11.5. The van der Waals surface area contributed by atoms with Gasteiger partial charge in [-0.05, 0) is 74.3 Å². The van der Waals surface area contributed by atoms with Gasteiger partial charge in [0.2, 0.25) is 0 Å². The van der Waals surface area contributed by atoms with E-state index in [9.17, 15) is 0 Å². The molecule has 0 amide bonds. The maximum atomic E-state index is 8.49. The number of nitrogens with zero attached hydrogens (tertiary/aromatic N) is 1. The molecule has 0 N–H and O–H groups in total. The van der Waals surface area contributed by atoms with Gasteiger partial charge in [-0.2, -0.15) is 5.26 Å². The Morgan fingerprint density at radius 1 is 1.14 bits per heavy atom. The third-order valence-corrected chi connectivity index (χ3v) is 5.05. The van der Waals surface area contributed by atoms with Gasteiger partial charge in [0.25, 0.3) is 0 Å². The lowest BCUT2D eigenvalue weighted by Crippen LogP contribution is -2.13. The summed E-state index contributed by atoms with van der Waals surface area (Å²) in [4.78, 5) is 0. The van der Waals surface area contributed by atoms with Crippen LogP contribution in [0.4, 0.5) is 0 Å². The second-order valence-electron chi connectivity index (χ2n) is 6.67. The van der Waals surface area contributed by atoms with Gasteiger partial charge in [0, 0.05) is 6.08 Å². The van der Waals surface area contributed by atoms with Crippen molar-refractivity contribution in [3.63, 3.8) is 0 Å². The summed E-state index contributed by atoms with van der Waals surface area (Å²) in [6.45, 7) is 2.25. The van der Waals surface area contributed by atoms with Crippen molar-refractivity contribution < 1.29 is 0 Å². The molecule has 1 aliphatic rings. The van der Waals surface area contributed by atoms with Crippen molar-refractivity contribution in [2.45, 2.75) is 70.6 Å². The average Bonchev–Trinajstić information content (AvgIpc) is 2.58. The van der Waals surface area contributed by atoms with Crippen molar-refractivity contribution in [3.05, 3.63) is 47.5 Å². The highest BCUT2D eigenvalue weighted by atomic mass is 14.3. The molecule has 0 heterocycles. The highest BCUT2D eigenvalue weighted by Crippen LogP contribution is 2.37. The van der Waals surface area contributed by atoms with Crippen LogP contribution < -0.4 is 0 Å². The minimum Gasteiger partial charge on any atom is -0.193 e. The monoisotopic (exact) mass is 295 g/mol. The summed E-state index contributed by atoms with van der Waals surface area (Å²) < 4.78 is 0. The number of hydrogen-bond donors (Lipinski definition) is 0. The fourth-order valence-corrected chi connectivity index (χ4v) is 3.59. The molecule has 1 fully saturated rings. The van der Waals surface area contributed by atoms with Crippen molar-refractivity contribution >= 4 is 0 Å². The van der Waals surface area contributed by atoms with E-state index in [1.807, 2.05) is 6.08 Å². The Morgan fingerprint density at radius 2 is 1.86 bits per heavy atom.